The van der Waals surface area contributed by atoms with E-state index in [1.807, 2.05) is 0 Å². The fraction of sp³-hybridized carbons (Fsp3) is 0.182. The molecule has 0 bridgehead atoms. The van der Waals surface area contributed by atoms with Crippen molar-refractivity contribution in [1.82, 2.24) is 0 Å². The van der Waals surface area contributed by atoms with E-state index in [-0.39, 0.29) is 37.0 Å². The van der Waals surface area contributed by atoms with Crippen LogP contribution in [0.2, 0.25) is 0 Å². The maximum Gasteiger partial charge on any atom is 1.00 e. The molecule has 19 heavy (non-hydrogen) atoms. The normalized spacial score (nSPS) is 10.2. The summed E-state index contributed by atoms with van der Waals surface area (Å²) in [5.74, 6) is -1.19. The fourth-order valence-corrected chi connectivity index (χ4v) is 1.84. The van der Waals surface area contributed by atoms with Gasteiger partial charge in [0.15, 0.2) is 11.5 Å². The summed E-state index contributed by atoms with van der Waals surface area (Å²) in [6.45, 7) is 4.93. The van der Waals surface area contributed by atoms with E-state index in [0.29, 0.717) is 0 Å². The second-order valence-corrected chi connectivity index (χ2v) is 4.44. The molecule has 0 spiro atoms. The predicted octanol–water partition coefficient (Wildman–Crippen LogP) is -1.92. The van der Waals surface area contributed by atoms with Gasteiger partial charge in [-0.25, -0.2) is 13.2 Å². The first-order chi connectivity index (χ1) is 8.40. The first-order valence-corrected chi connectivity index (χ1v) is 6.37. The van der Waals surface area contributed by atoms with Crippen molar-refractivity contribution in [3.05, 3.63) is 30.9 Å². The van der Waals surface area contributed by atoms with Crippen LogP contribution in [0.3, 0.4) is 0 Å². The van der Waals surface area contributed by atoms with E-state index in [4.69, 9.17) is 9.47 Å². The van der Waals surface area contributed by atoms with Crippen LogP contribution in [0.1, 0.15) is 6.92 Å². The van der Waals surface area contributed by atoms with Crippen LogP contribution in [0.15, 0.2) is 35.7 Å². The summed E-state index contributed by atoms with van der Waals surface area (Å²) in [7, 11) is -4.71. The third kappa shape index (κ3) is 4.72. The third-order valence-corrected chi connectivity index (χ3v) is 2.74. The van der Waals surface area contributed by atoms with Crippen LogP contribution in [0.4, 0.5) is 0 Å². The molecule has 0 aromatic heterocycles. The topological polar surface area (TPSA) is 92.7 Å². The summed E-state index contributed by atoms with van der Waals surface area (Å²) >= 11 is 0. The first kappa shape index (κ1) is 17.7. The molecule has 0 aliphatic heterocycles. The van der Waals surface area contributed by atoms with E-state index in [2.05, 4.69) is 6.58 Å². The SMILES string of the molecule is C=CC(=O)Oc1cccc(S(=O)(=O)[O-])c1OCC.[Li+]. The molecule has 1 aromatic carbocycles. The number of rotatable bonds is 5. The number of ether oxygens (including phenoxy) is 2. The van der Waals surface area contributed by atoms with Gasteiger partial charge in [0.2, 0.25) is 0 Å². The van der Waals surface area contributed by atoms with Crippen LogP contribution in [-0.2, 0) is 14.9 Å². The van der Waals surface area contributed by atoms with Crippen LogP contribution in [0.25, 0.3) is 0 Å². The molecule has 8 heteroatoms. The summed E-state index contributed by atoms with van der Waals surface area (Å²) in [6, 6.07) is 3.68. The van der Waals surface area contributed by atoms with Gasteiger partial charge in [-0.3, -0.25) is 0 Å². The van der Waals surface area contributed by atoms with Gasteiger partial charge in [0.05, 0.1) is 6.61 Å². The Morgan fingerprint density at radius 2 is 2.11 bits per heavy atom. The van der Waals surface area contributed by atoms with Crippen molar-refractivity contribution < 1.29 is 46.1 Å². The molecular weight excluding hydrogens is 267 g/mol. The molecule has 0 aliphatic carbocycles. The average molecular weight is 278 g/mol. The van der Waals surface area contributed by atoms with Crippen LogP contribution >= 0.6 is 0 Å². The standard InChI is InChI=1S/C11H12O6S.Li/c1-3-10(12)17-8-6-5-7-9(18(13,14)15)11(8)16-4-2;/h3,5-7H,1,4H2,2H3,(H,13,14,15);/q;+1/p-1. The number of carbonyl (C=O) groups excluding carboxylic acids is 1. The van der Waals surface area contributed by atoms with Crippen LogP contribution in [0, 0.1) is 0 Å². The largest absolute Gasteiger partial charge is 1.00 e. The Hall–Kier alpha value is -1.26. The monoisotopic (exact) mass is 278 g/mol. The van der Waals surface area contributed by atoms with Crippen molar-refractivity contribution in [1.29, 1.82) is 0 Å². The third-order valence-electron chi connectivity index (χ3n) is 1.88. The van der Waals surface area contributed by atoms with Gasteiger partial charge < -0.3 is 14.0 Å². The van der Waals surface area contributed by atoms with Gasteiger partial charge in [0, 0.05) is 6.08 Å². The van der Waals surface area contributed by atoms with Crippen molar-refractivity contribution in [2.45, 2.75) is 11.8 Å². The molecule has 6 nitrogen and oxygen atoms in total. The zero-order chi connectivity index (χ0) is 13.8. The number of esters is 1. The summed E-state index contributed by atoms with van der Waals surface area (Å²) in [6.07, 6.45) is 0.911. The number of hydrogen-bond donors (Lipinski definition) is 0. The number of carbonyl (C=O) groups is 1. The summed E-state index contributed by atoms with van der Waals surface area (Å²) in [5.41, 5.74) is 0. The molecule has 0 amide bonds. The zero-order valence-electron chi connectivity index (χ0n) is 10.6. The fourth-order valence-electron chi connectivity index (χ4n) is 1.21. The van der Waals surface area contributed by atoms with Crippen molar-refractivity contribution in [2.75, 3.05) is 6.61 Å². The molecule has 0 unspecified atom stereocenters. The Labute approximate surface area is 123 Å². The number of benzene rings is 1. The quantitative estimate of drug-likeness (QED) is 0.205. The smallest absolute Gasteiger partial charge is 0.744 e. The van der Waals surface area contributed by atoms with Crippen molar-refractivity contribution in [2.24, 2.45) is 0 Å². The van der Waals surface area contributed by atoms with Crippen molar-refractivity contribution in [3.63, 3.8) is 0 Å². The van der Waals surface area contributed by atoms with Gasteiger partial charge in [0.1, 0.15) is 15.0 Å². The van der Waals surface area contributed by atoms with E-state index in [0.717, 1.165) is 12.1 Å². The second kappa shape index (κ2) is 7.36. The summed E-state index contributed by atoms with van der Waals surface area (Å²) in [5, 5.41) is 0. The minimum atomic E-state index is -4.71. The molecule has 1 aromatic rings. The molecule has 0 saturated carbocycles. The Morgan fingerprint density at radius 3 is 2.58 bits per heavy atom. The van der Waals surface area contributed by atoms with E-state index in [9.17, 15) is 17.8 Å². The Kier molecular flexibility index (Phi) is 6.87. The number of para-hydroxylation sites is 1. The molecule has 0 heterocycles. The van der Waals surface area contributed by atoms with Crippen LogP contribution in [0.5, 0.6) is 11.5 Å². The van der Waals surface area contributed by atoms with Gasteiger partial charge >= 0.3 is 24.8 Å². The van der Waals surface area contributed by atoms with E-state index >= 15 is 0 Å². The Bertz CT molecular complexity index is 567. The van der Waals surface area contributed by atoms with Gasteiger partial charge in [-0.15, -0.1) is 0 Å². The molecule has 0 atom stereocenters. The second-order valence-electron chi connectivity index (χ2n) is 3.10. The summed E-state index contributed by atoms with van der Waals surface area (Å²) < 4.78 is 43.0. The van der Waals surface area contributed by atoms with Crippen molar-refractivity contribution in [3.8, 4) is 11.5 Å². The van der Waals surface area contributed by atoms with Crippen LogP contribution < -0.4 is 28.3 Å². The van der Waals surface area contributed by atoms with Gasteiger partial charge in [0.25, 0.3) is 0 Å². The van der Waals surface area contributed by atoms with Crippen LogP contribution in [-0.4, -0.2) is 25.5 Å². The zero-order valence-corrected chi connectivity index (χ0v) is 11.4. The van der Waals surface area contributed by atoms with Crippen molar-refractivity contribution >= 4 is 16.1 Å². The van der Waals surface area contributed by atoms with Gasteiger partial charge in [-0.2, -0.15) is 0 Å². The van der Waals surface area contributed by atoms with E-state index < -0.39 is 21.0 Å². The maximum atomic E-state index is 11.1. The van der Waals surface area contributed by atoms with E-state index in [1.54, 1.807) is 6.92 Å². The Morgan fingerprint density at radius 1 is 1.47 bits per heavy atom. The van der Waals surface area contributed by atoms with Gasteiger partial charge in [-0.1, -0.05) is 12.6 Å². The molecule has 0 radical (unpaired) electrons. The van der Waals surface area contributed by atoms with E-state index in [1.165, 1.54) is 12.1 Å². The predicted molar refractivity (Wildman–Crippen MR) is 61.4 cm³/mol. The molecule has 98 valence electrons. The molecular formula is C11H11LiO6S. The molecule has 0 fully saturated rings. The minimum absolute atomic E-state index is 0. The minimum Gasteiger partial charge on any atom is -0.744 e. The molecule has 1 rings (SSSR count). The average Bonchev–Trinajstić information content (AvgIpc) is 2.30. The molecule has 0 saturated heterocycles. The van der Waals surface area contributed by atoms with Gasteiger partial charge in [-0.05, 0) is 19.1 Å². The first-order valence-electron chi connectivity index (χ1n) is 4.96. The summed E-state index contributed by atoms with van der Waals surface area (Å²) in [4.78, 5) is 10.5. The number of hydrogen-bond acceptors (Lipinski definition) is 6. The maximum absolute atomic E-state index is 11.1. The Balaban J connectivity index is 0.00000324. The molecule has 0 aliphatic rings. The molecule has 0 N–H and O–H groups in total.